The molecule has 1 aliphatic rings. The Balaban J connectivity index is 1.40. The Morgan fingerprint density at radius 1 is 1.19 bits per heavy atom. The van der Waals surface area contributed by atoms with Crippen LogP contribution in [-0.2, 0) is 24.1 Å². The summed E-state index contributed by atoms with van der Waals surface area (Å²) in [5, 5.41) is 11.8. The number of carbonyl (C=O) groups is 1. The lowest BCUT2D eigenvalue weighted by atomic mass is 9.97. The van der Waals surface area contributed by atoms with E-state index in [9.17, 15) is 9.59 Å². The van der Waals surface area contributed by atoms with Crippen LogP contribution in [0.15, 0.2) is 40.3 Å². The molecule has 0 radical (unpaired) electrons. The third-order valence-corrected chi connectivity index (χ3v) is 5.68. The van der Waals surface area contributed by atoms with Crippen LogP contribution >= 0.6 is 11.8 Å². The molecule has 1 aromatic carbocycles. The fourth-order valence-corrected chi connectivity index (χ4v) is 4.20. The van der Waals surface area contributed by atoms with E-state index in [1.165, 1.54) is 17.3 Å². The normalized spacial score (nSPS) is 13.5. The van der Waals surface area contributed by atoms with Gasteiger partial charge < -0.3 is 5.32 Å². The minimum atomic E-state index is -0.0696. The van der Waals surface area contributed by atoms with Crippen LogP contribution in [0.1, 0.15) is 29.7 Å². The summed E-state index contributed by atoms with van der Waals surface area (Å²) in [6, 6.07) is 10.1. The summed E-state index contributed by atoms with van der Waals surface area (Å²) in [5.41, 5.74) is 2.93. The van der Waals surface area contributed by atoms with E-state index in [-0.39, 0.29) is 17.2 Å². The van der Waals surface area contributed by atoms with Crippen molar-refractivity contribution in [1.29, 1.82) is 0 Å². The molecule has 0 unspecified atom stereocenters. The molecule has 3 aromatic rings. The van der Waals surface area contributed by atoms with Gasteiger partial charge in [0.05, 0.1) is 5.75 Å². The molecule has 140 valence electrons. The van der Waals surface area contributed by atoms with E-state index in [0.717, 1.165) is 43.4 Å². The van der Waals surface area contributed by atoms with Gasteiger partial charge in [-0.1, -0.05) is 42.1 Å². The van der Waals surface area contributed by atoms with Crippen LogP contribution in [-0.4, -0.2) is 37.8 Å². The molecule has 2 N–H and O–H groups in total. The van der Waals surface area contributed by atoms with Crippen molar-refractivity contribution in [3.8, 4) is 0 Å². The first-order valence-corrected chi connectivity index (χ1v) is 10.1. The van der Waals surface area contributed by atoms with Crippen molar-refractivity contribution in [3.63, 3.8) is 0 Å². The van der Waals surface area contributed by atoms with Crippen molar-refractivity contribution in [1.82, 2.24) is 24.9 Å². The van der Waals surface area contributed by atoms with Crippen LogP contribution in [0.3, 0.4) is 0 Å². The zero-order valence-corrected chi connectivity index (χ0v) is 15.7. The van der Waals surface area contributed by atoms with Gasteiger partial charge in [0.15, 0.2) is 5.16 Å². The molecular formula is C19H21N5O2S. The second-order valence-electron chi connectivity index (χ2n) is 6.60. The van der Waals surface area contributed by atoms with E-state index in [1.807, 2.05) is 34.7 Å². The SMILES string of the molecule is O=C(CSc1nnc2[nH]c(=O)c3c(n12)CCCC3)NCCc1ccccc1. The number of hydrogen-bond acceptors (Lipinski definition) is 5. The third-order valence-electron chi connectivity index (χ3n) is 4.75. The summed E-state index contributed by atoms with van der Waals surface area (Å²) in [4.78, 5) is 27.1. The Labute approximate surface area is 160 Å². The van der Waals surface area contributed by atoms with Gasteiger partial charge >= 0.3 is 0 Å². The number of carbonyl (C=O) groups excluding carboxylic acids is 1. The summed E-state index contributed by atoms with van der Waals surface area (Å²) < 4.78 is 1.90. The highest BCUT2D eigenvalue weighted by Gasteiger charge is 2.20. The Bertz CT molecular complexity index is 1010. The molecule has 0 saturated heterocycles. The number of H-pyrrole nitrogens is 1. The van der Waals surface area contributed by atoms with E-state index < -0.39 is 0 Å². The summed E-state index contributed by atoms with van der Waals surface area (Å²) in [6.45, 7) is 0.604. The van der Waals surface area contributed by atoms with Crippen LogP contribution in [0.4, 0.5) is 0 Å². The van der Waals surface area contributed by atoms with E-state index in [2.05, 4.69) is 20.5 Å². The highest BCUT2D eigenvalue weighted by molar-refractivity contribution is 7.99. The van der Waals surface area contributed by atoms with Crippen LogP contribution in [0.25, 0.3) is 5.78 Å². The standard InChI is InChI=1S/C19H21N5O2S/c25-16(20-11-10-13-6-2-1-3-7-13)12-27-19-23-22-18-21-17(26)14-8-4-5-9-15(14)24(18)19/h1-3,6-7H,4-5,8-12H2,(H,20,25)(H,21,22,26). The topological polar surface area (TPSA) is 92.2 Å². The Kier molecular flexibility index (Phi) is 5.24. The molecule has 4 rings (SSSR count). The molecule has 1 aliphatic carbocycles. The maximum Gasteiger partial charge on any atom is 0.255 e. The Morgan fingerprint density at radius 3 is 2.85 bits per heavy atom. The number of thioether (sulfide) groups is 1. The van der Waals surface area contributed by atoms with Crippen molar-refractivity contribution in [2.75, 3.05) is 12.3 Å². The van der Waals surface area contributed by atoms with E-state index >= 15 is 0 Å². The minimum absolute atomic E-state index is 0.0361. The third kappa shape index (κ3) is 3.90. The van der Waals surface area contributed by atoms with Crippen molar-refractivity contribution < 1.29 is 4.79 Å². The predicted octanol–water partition coefficient (Wildman–Crippen LogP) is 1.75. The van der Waals surface area contributed by atoms with E-state index in [1.54, 1.807) is 0 Å². The quantitative estimate of drug-likeness (QED) is 0.633. The first-order valence-electron chi connectivity index (χ1n) is 9.15. The van der Waals surface area contributed by atoms with Crippen LogP contribution in [0.5, 0.6) is 0 Å². The van der Waals surface area contributed by atoms with Gasteiger partial charge in [-0.3, -0.25) is 19.0 Å². The lowest BCUT2D eigenvalue weighted by molar-refractivity contribution is -0.118. The van der Waals surface area contributed by atoms with Crippen molar-refractivity contribution in [3.05, 3.63) is 57.5 Å². The predicted molar refractivity (Wildman–Crippen MR) is 104 cm³/mol. The molecule has 0 spiro atoms. The monoisotopic (exact) mass is 383 g/mol. The molecule has 0 aliphatic heterocycles. The van der Waals surface area contributed by atoms with Gasteiger partial charge in [0.1, 0.15) is 0 Å². The molecule has 7 nitrogen and oxygen atoms in total. The van der Waals surface area contributed by atoms with Gasteiger partial charge in [0, 0.05) is 17.8 Å². The smallest absolute Gasteiger partial charge is 0.255 e. The molecular weight excluding hydrogens is 362 g/mol. The summed E-state index contributed by atoms with van der Waals surface area (Å²) in [5.74, 6) is 0.683. The molecule has 2 heterocycles. The van der Waals surface area contributed by atoms with E-state index in [4.69, 9.17) is 0 Å². The molecule has 0 bridgehead atoms. The number of benzene rings is 1. The maximum absolute atomic E-state index is 12.2. The summed E-state index contributed by atoms with van der Waals surface area (Å²) in [6.07, 6.45) is 4.50. The van der Waals surface area contributed by atoms with Gasteiger partial charge in [0.2, 0.25) is 11.7 Å². The lowest BCUT2D eigenvalue weighted by Gasteiger charge is -2.16. The zero-order valence-electron chi connectivity index (χ0n) is 14.9. The fraction of sp³-hybridized carbons (Fsp3) is 0.368. The molecule has 8 heteroatoms. The molecule has 2 aromatic heterocycles. The number of aromatic nitrogens is 4. The molecule has 1 amide bonds. The largest absolute Gasteiger partial charge is 0.355 e. The highest BCUT2D eigenvalue weighted by Crippen LogP contribution is 2.23. The number of rotatable bonds is 6. The summed E-state index contributed by atoms with van der Waals surface area (Å²) in [7, 11) is 0. The van der Waals surface area contributed by atoms with Crippen LogP contribution in [0, 0.1) is 0 Å². The first kappa shape index (κ1) is 17.8. The zero-order chi connectivity index (χ0) is 18.6. The molecule has 0 atom stereocenters. The van der Waals surface area contributed by atoms with Gasteiger partial charge in [-0.25, -0.2) is 0 Å². The van der Waals surface area contributed by atoms with Crippen molar-refractivity contribution in [2.24, 2.45) is 0 Å². The van der Waals surface area contributed by atoms with E-state index in [0.29, 0.717) is 17.5 Å². The van der Waals surface area contributed by atoms with Gasteiger partial charge in [-0.2, -0.15) is 0 Å². The van der Waals surface area contributed by atoms with Gasteiger partial charge in [-0.15, -0.1) is 10.2 Å². The first-order chi connectivity index (χ1) is 13.2. The average molecular weight is 383 g/mol. The fourth-order valence-electron chi connectivity index (χ4n) is 3.42. The molecule has 27 heavy (non-hydrogen) atoms. The van der Waals surface area contributed by atoms with Crippen molar-refractivity contribution in [2.45, 2.75) is 37.3 Å². The number of aryl methyl sites for hydroxylation is 1. The highest BCUT2D eigenvalue weighted by atomic mass is 32.2. The Morgan fingerprint density at radius 2 is 2.00 bits per heavy atom. The minimum Gasteiger partial charge on any atom is -0.355 e. The molecule has 0 saturated carbocycles. The van der Waals surface area contributed by atoms with Crippen LogP contribution in [0.2, 0.25) is 0 Å². The van der Waals surface area contributed by atoms with Crippen LogP contribution < -0.4 is 10.9 Å². The number of nitrogens with one attached hydrogen (secondary N) is 2. The number of nitrogens with zero attached hydrogens (tertiary/aromatic N) is 3. The molecule has 0 fully saturated rings. The number of hydrogen-bond donors (Lipinski definition) is 2. The lowest BCUT2D eigenvalue weighted by Crippen LogP contribution is -2.27. The van der Waals surface area contributed by atoms with Gasteiger partial charge in [0.25, 0.3) is 5.56 Å². The summed E-state index contributed by atoms with van der Waals surface area (Å²) >= 11 is 1.34. The maximum atomic E-state index is 12.2. The number of aromatic amines is 1. The number of amides is 1. The second kappa shape index (κ2) is 7.96. The Hall–Kier alpha value is -2.61. The average Bonchev–Trinajstić information content (AvgIpc) is 3.10. The second-order valence-corrected chi connectivity index (χ2v) is 7.54. The van der Waals surface area contributed by atoms with Gasteiger partial charge in [-0.05, 0) is 37.7 Å². The number of fused-ring (bicyclic) bond motifs is 3. The van der Waals surface area contributed by atoms with Crippen molar-refractivity contribution >= 4 is 23.4 Å².